The van der Waals surface area contributed by atoms with Crippen LogP contribution < -0.4 is 0 Å². The third-order valence-corrected chi connectivity index (χ3v) is 6.36. The van der Waals surface area contributed by atoms with Crippen LogP contribution in [-0.4, -0.2) is 50.5 Å². The first-order valence-corrected chi connectivity index (χ1v) is 11.3. The summed E-state index contributed by atoms with van der Waals surface area (Å²) in [6.45, 7) is 6.22. The molecule has 2 aliphatic heterocycles. The molecule has 2 aromatic carbocycles. The summed E-state index contributed by atoms with van der Waals surface area (Å²) in [6.07, 6.45) is 9.13. The average Bonchev–Trinajstić information content (AvgIpc) is 3.25. The summed E-state index contributed by atoms with van der Waals surface area (Å²) in [7, 11) is 0. The Kier molecular flexibility index (Phi) is 7.37. The van der Waals surface area contributed by atoms with Gasteiger partial charge in [0.25, 0.3) is 0 Å². The van der Waals surface area contributed by atoms with Gasteiger partial charge < -0.3 is 14.4 Å². The van der Waals surface area contributed by atoms with Crippen LogP contribution in [0.5, 0.6) is 0 Å². The van der Waals surface area contributed by atoms with Gasteiger partial charge in [-0.15, -0.1) is 0 Å². The fourth-order valence-electron chi connectivity index (χ4n) is 4.82. The van der Waals surface area contributed by atoms with Crippen LogP contribution in [0.1, 0.15) is 44.1 Å². The van der Waals surface area contributed by atoms with Crippen molar-refractivity contribution in [2.75, 3.05) is 39.5 Å². The van der Waals surface area contributed by atoms with Gasteiger partial charge in [-0.05, 0) is 73.9 Å². The highest BCUT2D eigenvalue weighted by Gasteiger charge is 2.22. The summed E-state index contributed by atoms with van der Waals surface area (Å²) in [5.74, 6) is 0.523. The highest BCUT2D eigenvalue weighted by molar-refractivity contribution is 5.85. The normalized spacial score (nSPS) is 21.9. The Balaban J connectivity index is 1.35. The Hall–Kier alpha value is -1.42. The lowest BCUT2D eigenvalue weighted by Crippen LogP contribution is -2.33. The van der Waals surface area contributed by atoms with Crippen molar-refractivity contribution in [2.45, 2.75) is 51.0 Å². The molecule has 3 heteroatoms. The summed E-state index contributed by atoms with van der Waals surface area (Å²) in [4.78, 5) is 2.56. The summed E-state index contributed by atoms with van der Waals surface area (Å²) in [5, 5.41) is 2.72. The van der Waals surface area contributed by atoms with Crippen molar-refractivity contribution in [3.63, 3.8) is 0 Å². The van der Waals surface area contributed by atoms with Crippen LogP contribution in [0.25, 0.3) is 10.8 Å². The molecule has 0 bridgehead atoms. The first-order valence-electron chi connectivity index (χ1n) is 11.3. The van der Waals surface area contributed by atoms with E-state index < -0.39 is 0 Å². The summed E-state index contributed by atoms with van der Waals surface area (Å²) in [6, 6.07) is 15.4. The van der Waals surface area contributed by atoms with E-state index >= 15 is 0 Å². The first-order chi connectivity index (χ1) is 13.9. The Labute approximate surface area is 170 Å². The van der Waals surface area contributed by atoms with E-state index in [2.05, 4.69) is 47.4 Å². The smallest absolute Gasteiger partial charge is 0.0593 e. The van der Waals surface area contributed by atoms with Gasteiger partial charge >= 0.3 is 0 Å². The van der Waals surface area contributed by atoms with Crippen molar-refractivity contribution >= 4 is 10.8 Å². The van der Waals surface area contributed by atoms with Crippen molar-refractivity contribution in [1.29, 1.82) is 0 Å². The van der Waals surface area contributed by atoms with E-state index in [0.29, 0.717) is 12.0 Å². The summed E-state index contributed by atoms with van der Waals surface area (Å²) < 4.78 is 12.1. The Morgan fingerprint density at radius 1 is 1.00 bits per heavy atom. The monoisotopic (exact) mass is 381 g/mol. The number of rotatable bonds is 9. The minimum atomic E-state index is 0.422. The zero-order valence-corrected chi connectivity index (χ0v) is 17.2. The predicted molar refractivity (Wildman–Crippen MR) is 116 cm³/mol. The molecule has 2 heterocycles. The third kappa shape index (κ3) is 5.56. The molecule has 2 atom stereocenters. The first kappa shape index (κ1) is 19.9. The number of likely N-dealkylation sites (tertiary alicyclic amines) is 1. The van der Waals surface area contributed by atoms with Gasteiger partial charge in [-0.1, -0.05) is 48.9 Å². The van der Waals surface area contributed by atoms with Crippen molar-refractivity contribution in [2.24, 2.45) is 5.92 Å². The maximum Gasteiger partial charge on any atom is 0.0593 e. The summed E-state index contributed by atoms with van der Waals surface area (Å²) >= 11 is 0. The topological polar surface area (TPSA) is 21.7 Å². The average molecular weight is 382 g/mol. The standard InChI is InChI=1S/C25H35NO2/c1-4-13-26(14-5-1)15-17-27-20-21(19-24-11-7-16-28-24)18-23-10-6-9-22-8-2-3-12-25(22)23/h2-3,6,8-10,12,21,24H,1,4-5,7,11,13-20H2. The largest absolute Gasteiger partial charge is 0.380 e. The molecule has 0 amide bonds. The zero-order valence-electron chi connectivity index (χ0n) is 17.2. The van der Waals surface area contributed by atoms with E-state index in [0.717, 1.165) is 39.2 Å². The number of nitrogens with zero attached hydrogens (tertiary/aromatic N) is 1. The Bertz CT molecular complexity index is 714. The number of piperidine rings is 1. The molecule has 3 nitrogen and oxygen atoms in total. The molecular weight excluding hydrogens is 346 g/mol. The molecule has 0 N–H and O–H groups in total. The van der Waals surface area contributed by atoms with E-state index in [-0.39, 0.29) is 0 Å². The van der Waals surface area contributed by atoms with Gasteiger partial charge in [0.15, 0.2) is 0 Å². The zero-order chi connectivity index (χ0) is 19.0. The molecular formula is C25H35NO2. The molecule has 0 aliphatic carbocycles. The van der Waals surface area contributed by atoms with E-state index in [1.807, 2.05) is 0 Å². The van der Waals surface area contributed by atoms with Gasteiger partial charge in [0.05, 0.1) is 12.7 Å². The van der Waals surface area contributed by atoms with Crippen LogP contribution in [0.15, 0.2) is 42.5 Å². The SMILES string of the molecule is c1ccc2c(CC(COCCN3CCCCC3)CC3CCCO3)cccc2c1. The van der Waals surface area contributed by atoms with Gasteiger partial charge in [-0.2, -0.15) is 0 Å². The van der Waals surface area contributed by atoms with Crippen molar-refractivity contribution in [1.82, 2.24) is 4.90 Å². The van der Waals surface area contributed by atoms with Crippen LogP contribution in [0, 0.1) is 5.92 Å². The van der Waals surface area contributed by atoms with E-state index in [1.165, 1.54) is 61.5 Å². The fraction of sp³-hybridized carbons (Fsp3) is 0.600. The molecule has 2 aliphatic rings. The fourth-order valence-corrected chi connectivity index (χ4v) is 4.82. The summed E-state index contributed by atoms with van der Waals surface area (Å²) in [5.41, 5.74) is 1.45. The van der Waals surface area contributed by atoms with Crippen LogP contribution >= 0.6 is 0 Å². The molecule has 4 rings (SSSR count). The van der Waals surface area contributed by atoms with E-state index in [4.69, 9.17) is 9.47 Å². The molecule has 0 aromatic heterocycles. The Morgan fingerprint density at radius 2 is 1.86 bits per heavy atom. The highest BCUT2D eigenvalue weighted by atomic mass is 16.5. The van der Waals surface area contributed by atoms with Gasteiger partial charge in [-0.25, -0.2) is 0 Å². The molecule has 28 heavy (non-hydrogen) atoms. The molecule has 2 aromatic rings. The minimum absolute atomic E-state index is 0.422. The molecule has 152 valence electrons. The maximum atomic E-state index is 6.20. The second-order valence-electron chi connectivity index (χ2n) is 8.56. The molecule has 2 fully saturated rings. The second kappa shape index (κ2) is 10.4. The van der Waals surface area contributed by atoms with Crippen molar-refractivity contribution in [3.05, 3.63) is 48.0 Å². The van der Waals surface area contributed by atoms with Crippen molar-refractivity contribution < 1.29 is 9.47 Å². The van der Waals surface area contributed by atoms with Crippen molar-refractivity contribution in [3.8, 4) is 0 Å². The van der Waals surface area contributed by atoms with Gasteiger partial charge in [0.2, 0.25) is 0 Å². The number of hydrogen-bond donors (Lipinski definition) is 0. The third-order valence-electron chi connectivity index (χ3n) is 6.36. The molecule has 0 saturated carbocycles. The molecule has 0 spiro atoms. The van der Waals surface area contributed by atoms with Gasteiger partial charge in [0.1, 0.15) is 0 Å². The number of hydrogen-bond acceptors (Lipinski definition) is 3. The predicted octanol–water partition coefficient (Wildman–Crippen LogP) is 5.07. The number of fused-ring (bicyclic) bond motifs is 1. The van der Waals surface area contributed by atoms with Gasteiger partial charge in [0, 0.05) is 19.8 Å². The number of benzene rings is 2. The van der Waals surface area contributed by atoms with Crippen LogP contribution in [0.3, 0.4) is 0 Å². The quantitative estimate of drug-likeness (QED) is 0.566. The molecule has 0 radical (unpaired) electrons. The maximum absolute atomic E-state index is 6.20. The lowest BCUT2D eigenvalue weighted by atomic mass is 9.91. The molecule has 2 saturated heterocycles. The Morgan fingerprint density at radius 3 is 2.71 bits per heavy atom. The molecule has 2 unspecified atom stereocenters. The van der Waals surface area contributed by atoms with Crippen LogP contribution in [0.2, 0.25) is 0 Å². The number of ether oxygens (including phenoxy) is 2. The lowest BCUT2D eigenvalue weighted by molar-refractivity contribution is 0.0418. The van der Waals surface area contributed by atoms with Crippen LogP contribution in [0.4, 0.5) is 0 Å². The minimum Gasteiger partial charge on any atom is -0.380 e. The van der Waals surface area contributed by atoms with Crippen LogP contribution in [-0.2, 0) is 15.9 Å². The van der Waals surface area contributed by atoms with Gasteiger partial charge in [-0.3, -0.25) is 0 Å². The lowest BCUT2D eigenvalue weighted by Gasteiger charge is -2.27. The second-order valence-corrected chi connectivity index (χ2v) is 8.56. The highest BCUT2D eigenvalue weighted by Crippen LogP contribution is 2.26. The van der Waals surface area contributed by atoms with E-state index in [1.54, 1.807) is 0 Å². The van der Waals surface area contributed by atoms with E-state index in [9.17, 15) is 0 Å².